The van der Waals surface area contributed by atoms with Gasteiger partial charge in [-0.15, -0.1) is 0 Å². The fourth-order valence-corrected chi connectivity index (χ4v) is 2.39. The predicted molar refractivity (Wildman–Crippen MR) is 83.1 cm³/mol. The Hall–Kier alpha value is -1.80. The van der Waals surface area contributed by atoms with Crippen molar-refractivity contribution < 1.29 is 4.79 Å². The molecule has 2 rings (SSSR count). The van der Waals surface area contributed by atoms with Crippen LogP contribution in [0.25, 0.3) is 0 Å². The van der Waals surface area contributed by atoms with E-state index < -0.39 is 0 Å². The minimum absolute atomic E-state index is 0.142. The number of rotatable bonds is 4. The van der Waals surface area contributed by atoms with Crippen LogP contribution in [0, 0.1) is 0 Å². The van der Waals surface area contributed by atoms with E-state index in [4.69, 9.17) is 11.6 Å². The van der Waals surface area contributed by atoms with Gasteiger partial charge in [0.15, 0.2) is 0 Å². The minimum Gasteiger partial charge on any atom is -0.347 e. The molecule has 0 atom stereocenters. The SMILES string of the molecule is CC(C)(Cc1ccccc1)NC(=O)c1ccccc1Cl. The molecule has 2 aromatic carbocycles. The Bertz CT molecular complexity index is 593. The molecule has 0 unspecified atom stereocenters. The first kappa shape index (κ1) is 14.6. The summed E-state index contributed by atoms with van der Waals surface area (Å²) in [7, 11) is 0. The molecule has 1 amide bonds. The van der Waals surface area contributed by atoms with Crippen LogP contribution in [0.4, 0.5) is 0 Å². The van der Waals surface area contributed by atoms with Crippen LogP contribution in [-0.2, 0) is 6.42 Å². The highest BCUT2D eigenvalue weighted by molar-refractivity contribution is 6.33. The van der Waals surface area contributed by atoms with Crippen molar-refractivity contribution in [3.05, 3.63) is 70.7 Å². The highest BCUT2D eigenvalue weighted by atomic mass is 35.5. The molecule has 0 saturated heterocycles. The first-order valence-corrected chi connectivity index (χ1v) is 6.97. The molecule has 0 radical (unpaired) electrons. The van der Waals surface area contributed by atoms with E-state index in [1.807, 2.05) is 44.2 Å². The van der Waals surface area contributed by atoms with Crippen molar-refractivity contribution in [2.45, 2.75) is 25.8 Å². The summed E-state index contributed by atoms with van der Waals surface area (Å²) in [5.41, 5.74) is 1.37. The molecule has 3 heteroatoms. The van der Waals surface area contributed by atoms with Gasteiger partial charge in [0.1, 0.15) is 0 Å². The van der Waals surface area contributed by atoms with Crippen molar-refractivity contribution in [3.8, 4) is 0 Å². The number of hydrogen-bond donors (Lipinski definition) is 1. The van der Waals surface area contributed by atoms with E-state index in [2.05, 4.69) is 17.4 Å². The summed E-state index contributed by atoms with van der Waals surface area (Å²) in [5, 5.41) is 3.51. The van der Waals surface area contributed by atoms with Crippen molar-refractivity contribution >= 4 is 17.5 Å². The molecule has 0 fully saturated rings. The van der Waals surface area contributed by atoms with E-state index in [1.54, 1.807) is 12.1 Å². The van der Waals surface area contributed by atoms with E-state index in [0.717, 1.165) is 6.42 Å². The summed E-state index contributed by atoms with van der Waals surface area (Å²) in [5.74, 6) is -0.142. The number of nitrogens with one attached hydrogen (secondary N) is 1. The molecule has 2 nitrogen and oxygen atoms in total. The van der Waals surface area contributed by atoms with Crippen molar-refractivity contribution in [1.82, 2.24) is 5.32 Å². The Balaban J connectivity index is 2.08. The highest BCUT2D eigenvalue weighted by Crippen LogP contribution is 2.18. The van der Waals surface area contributed by atoms with Crippen LogP contribution in [0.3, 0.4) is 0 Å². The largest absolute Gasteiger partial charge is 0.347 e. The summed E-state index contributed by atoms with van der Waals surface area (Å²) < 4.78 is 0. The molecule has 1 N–H and O–H groups in total. The van der Waals surface area contributed by atoms with E-state index in [9.17, 15) is 4.79 Å². The van der Waals surface area contributed by atoms with Crippen LogP contribution in [0.5, 0.6) is 0 Å². The lowest BCUT2D eigenvalue weighted by Crippen LogP contribution is -2.45. The van der Waals surface area contributed by atoms with Gasteiger partial charge in [0.25, 0.3) is 5.91 Å². The molecule has 104 valence electrons. The van der Waals surface area contributed by atoms with Crippen LogP contribution in [-0.4, -0.2) is 11.4 Å². The summed E-state index contributed by atoms with van der Waals surface area (Å²) >= 11 is 6.05. The molecular weight excluding hydrogens is 270 g/mol. The number of amides is 1. The molecule has 20 heavy (non-hydrogen) atoms. The normalized spacial score (nSPS) is 11.2. The number of carbonyl (C=O) groups excluding carboxylic acids is 1. The van der Waals surface area contributed by atoms with Crippen LogP contribution in [0.1, 0.15) is 29.8 Å². The highest BCUT2D eigenvalue weighted by Gasteiger charge is 2.22. The summed E-state index contributed by atoms with van der Waals surface area (Å²) in [6.07, 6.45) is 0.768. The van der Waals surface area contributed by atoms with Gasteiger partial charge < -0.3 is 5.32 Å². The number of benzene rings is 2. The van der Waals surface area contributed by atoms with Gasteiger partial charge in [0.05, 0.1) is 10.6 Å². The fourth-order valence-electron chi connectivity index (χ4n) is 2.17. The Labute approximate surface area is 124 Å². The zero-order valence-electron chi connectivity index (χ0n) is 11.7. The van der Waals surface area contributed by atoms with Crippen molar-refractivity contribution in [2.24, 2.45) is 0 Å². The van der Waals surface area contributed by atoms with E-state index in [0.29, 0.717) is 10.6 Å². The third kappa shape index (κ3) is 3.84. The smallest absolute Gasteiger partial charge is 0.253 e. The molecule has 0 aliphatic heterocycles. The van der Waals surface area contributed by atoms with Crippen LogP contribution >= 0.6 is 11.6 Å². The average molecular weight is 288 g/mol. The standard InChI is InChI=1S/C17H18ClNO/c1-17(2,12-13-8-4-3-5-9-13)19-16(20)14-10-6-7-11-15(14)18/h3-11H,12H2,1-2H3,(H,19,20). The van der Waals surface area contributed by atoms with Crippen LogP contribution < -0.4 is 5.32 Å². The average Bonchev–Trinajstić information content (AvgIpc) is 2.39. The molecule has 0 aliphatic carbocycles. The molecule has 0 heterocycles. The fraction of sp³-hybridized carbons (Fsp3) is 0.235. The molecule has 0 bridgehead atoms. The van der Waals surface area contributed by atoms with Gasteiger partial charge in [-0.2, -0.15) is 0 Å². The minimum atomic E-state index is -0.336. The zero-order valence-corrected chi connectivity index (χ0v) is 12.4. The zero-order chi connectivity index (χ0) is 14.6. The Morgan fingerprint density at radius 3 is 2.30 bits per heavy atom. The van der Waals surface area contributed by atoms with Crippen molar-refractivity contribution in [1.29, 1.82) is 0 Å². The predicted octanol–water partition coefficient (Wildman–Crippen LogP) is 4.09. The maximum atomic E-state index is 12.3. The third-order valence-electron chi connectivity index (χ3n) is 3.06. The van der Waals surface area contributed by atoms with Crippen LogP contribution in [0.2, 0.25) is 5.02 Å². The second kappa shape index (κ2) is 6.10. The summed E-state index contributed by atoms with van der Waals surface area (Å²) in [4.78, 5) is 12.3. The maximum absolute atomic E-state index is 12.3. The lowest BCUT2D eigenvalue weighted by molar-refractivity contribution is 0.0913. The lowest BCUT2D eigenvalue weighted by atomic mass is 9.94. The first-order valence-electron chi connectivity index (χ1n) is 6.59. The molecule has 0 spiro atoms. The van der Waals surface area contributed by atoms with E-state index in [1.165, 1.54) is 5.56 Å². The second-order valence-electron chi connectivity index (χ2n) is 5.48. The Morgan fingerprint density at radius 1 is 1.05 bits per heavy atom. The Kier molecular flexibility index (Phi) is 4.46. The van der Waals surface area contributed by atoms with Gasteiger partial charge in [-0.05, 0) is 38.0 Å². The topological polar surface area (TPSA) is 29.1 Å². The van der Waals surface area contributed by atoms with Crippen molar-refractivity contribution in [2.75, 3.05) is 0 Å². The van der Waals surface area contributed by atoms with Crippen LogP contribution in [0.15, 0.2) is 54.6 Å². The van der Waals surface area contributed by atoms with Gasteiger partial charge in [0, 0.05) is 5.54 Å². The summed E-state index contributed by atoms with van der Waals surface area (Å²) in [6.45, 7) is 4.02. The quantitative estimate of drug-likeness (QED) is 0.901. The number of halogens is 1. The summed E-state index contributed by atoms with van der Waals surface area (Å²) in [6, 6.07) is 17.2. The second-order valence-corrected chi connectivity index (χ2v) is 5.89. The molecule has 0 saturated carbocycles. The maximum Gasteiger partial charge on any atom is 0.253 e. The first-order chi connectivity index (χ1) is 9.48. The number of hydrogen-bond acceptors (Lipinski definition) is 1. The Morgan fingerprint density at radius 2 is 1.65 bits per heavy atom. The van der Waals surface area contributed by atoms with Gasteiger partial charge in [-0.3, -0.25) is 4.79 Å². The third-order valence-corrected chi connectivity index (χ3v) is 3.39. The molecule has 2 aromatic rings. The van der Waals surface area contributed by atoms with Gasteiger partial charge >= 0.3 is 0 Å². The monoisotopic (exact) mass is 287 g/mol. The molecular formula is C17H18ClNO. The molecule has 0 aromatic heterocycles. The molecule has 0 aliphatic rings. The van der Waals surface area contributed by atoms with Crippen molar-refractivity contribution in [3.63, 3.8) is 0 Å². The lowest BCUT2D eigenvalue weighted by Gasteiger charge is -2.26. The van der Waals surface area contributed by atoms with E-state index in [-0.39, 0.29) is 11.4 Å². The van der Waals surface area contributed by atoms with Gasteiger partial charge in [0.2, 0.25) is 0 Å². The number of carbonyl (C=O) groups is 1. The van der Waals surface area contributed by atoms with E-state index >= 15 is 0 Å². The van der Waals surface area contributed by atoms with Gasteiger partial charge in [-0.25, -0.2) is 0 Å². The van der Waals surface area contributed by atoms with Gasteiger partial charge in [-0.1, -0.05) is 54.1 Å².